The van der Waals surface area contributed by atoms with E-state index in [1.54, 1.807) is 7.11 Å². The van der Waals surface area contributed by atoms with E-state index in [1.165, 1.54) is 0 Å². The molecule has 0 N–H and O–H groups in total. The first kappa shape index (κ1) is 14.1. The van der Waals surface area contributed by atoms with Crippen LogP contribution in [0.1, 0.15) is 38.8 Å². The summed E-state index contributed by atoms with van der Waals surface area (Å²) >= 11 is 0. The minimum absolute atomic E-state index is 0.124. The van der Waals surface area contributed by atoms with Crippen LogP contribution in [0.3, 0.4) is 0 Å². The third-order valence-corrected chi connectivity index (χ3v) is 3.24. The second-order valence-electron chi connectivity index (χ2n) is 5.11. The van der Waals surface area contributed by atoms with Crippen molar-refractivity contribution in [1.82, 2.24) is 9.97 Å². The number of hydrogen-bond donors (Lipinski definition) is 0. The van der Waals surface area contributed by atoms with E-state index in [0.717, 1.165) is 38.0 Å². The molecule has 1 aromatic rings. The van der Waals surface area contributed by atoms with Gasteiger partial charge >= 0.3 is 6.01 Å². The zero-order chi connectivity index (χ0) is 13.7. The van der Waals surface area contributed by atoms with E-state index in [1.807, 2.05) is 6.07 Å². The Hall–Kier alpha value is -1.36. The Morgan fingerprint density at radius 1 is 1.42 bits per heavy atom. The molecule has 1 fully saturated rings. The molecule has 0 radical (unpaired) electrons. The lowest BCUT2D eigenvalue weighted by Gasteiger charge is -2.22. The smallest absolute Gasteiger partial charge is 0.319 e. The fourth-order valence-electron chi connectivity index (χ4n) is 2.26. The number of hydrogen-bond acceptors (Lipinski definition) is 5. The van der Waals surface area contributed by atoms with Crippen molar-refractivity contribution in [3.05, 3.63) is 11.8 Å². The van der Waals surface area contributed by atoms with E-state index in [0.29, 0.717) is 18.5 Å². The molecule has 1 aliphatic heterocycles. The Bertz CT molecular complexity index is 417. The molecule has 0 amide bonds. The van der Waals surface area contributed by atoms with Gasteiger partial charge in [-0.3, -0.25) is 0 Å². The summed E-state index contributed by atoms with van der Waals surface area (Å²) in [5, 5.41) is 0. The van der Waals surface area contributed by atoms with Crippen molar-refractivity contribution >= 4 is 0 Å². The van der Waals surface area contributed by atoms with Crippen molar-refractivity contribution in [1.29, 1.82) is 0 Å². The van der Waals surface area contributed by atoms with Crippen LogP contribution in [0.2, 0.25) is 0 Å². The van der Waals surface area contributed by atoms with Gasteiger partial charge in [0.05, 0.1) is 25.0 Å². The Morgan fingerprint density at radius 2 is 2.26 bits per heavy atom. The zero-order valence-electron chi connectivity index (χ0n) is 11.9. The highest BCUT2D eigenvalue weighted by Gasteiger charge is 2.30. The molecule has 1 aromatic heterocycles. The maximum absolute atomic E-state index is 5.80. The minimum atomic E-state index is -0.124. The van der Waals surface area contributed by atoms with E-state index in [2.05, 4.69) is 23.8 Å². The number of ether oxygens (including phenoxy) is 3. The van der Waals surface area contributed by atoms with Crippen molar-refractivity contribution in [2.45, 2.75) is 45.1 Å². The molecular formula is C14H22N2O3. The maximum Gasteiger partial charge on any atom is 0.319 e. The van der Waals surface area contributed by atoms with Gasteiger partial charge in [-0.2, -0.15) is 9.97 Å². The molecule has 1 saturated heterocycles. The quantitative estimate of drug-likeness (QED) is 0.791. The van der Waals surface area contributed by atoms with Crippen LogP contribution in [0.25, 0.3) is 0 Å². The Morgan fingerprint density at radius 3 is 2.89 bits per heavy atom. The highest BCUT2D eigenvalue weighted by molar-refractivity contribution is 5.20. The molecule has 19 heavy (non-hydrogen) atoms. The van der Waals surface area contributed by atoms with Gasteiger partial charge in [-0.25, -0.2) is 0 Å². The molecule has 5 nitrogen and oxygen atoms in total. The van der Waals surface area contributed by atoms with Gasteiger partial charge in [0.25, 0.3) is 0 Å². The van der Waals surface area contributed by atoms with E-state index >= 15 is 0 Å². The lowest BCUT2D eigenvalue weighted by Crippen LogP contribution is -2.26. The van der Waals surface area contributed by atoms with E-state index < -0.39 is 0 Å². The fraction of sp³-hybridized carbons (Fsp3) is 0.714. The van der Waals surface area contributed by atoms with Crippen LogP contribution in [0.15, 0.2) is 6.07 Å². The van der Waals surface area contributed by atoms with E-state index in [4.69, 9.17) is 14.2 Å². The third-order valence-electron chi connectivity index (χ3n) is 3.24. The molecule has 2 rings (SSSR count). The van der Waals surface area contributed by atoms with Crippen molar-refractivity contribution in [3.63, 3.8) is 0 Å². The van der Waals surface area contributed by atoms with Gasteiger partial charge in [0.2, 0.25) is 5.88 Å². The standard InChI is InChI=1S/C14H22N2O3/c1-4-7-18-13-15-11(9-12(16-13)17-3)10-14(2)6-5-8-19-14/h9H,4-8,10H2,1-3H3. The van der Waals surface area contributed by atoms with Crippen molar-refractivity contribution in [3.8, 4) is 11.9 Å². The summed E-state index contributed by atoms with van der Waals surface area (Å²) in [5.41, 5.74) is 0.781. The lowest BCUT2D eigenvalue weighted by atomic mass is 9.96. The number of aromatic nitrogens is 2. The summed E-state index contributed by atoms with van der Waals surface area (Å²) < 4.78 is 16.5. The Labute approximate surface area is 114 Å². The molecule has 5 heteroatoms. The van der Waals surface area contributed by atoms with Crippen molar-refractivity contribution in [2.24, 2.45) is 0 Å². The highest BCUT2D eigenvalue weighted by Crippen LogP contribution is 2.29. The van der Waals surface area contributed by atoms with E-state index in [-0.39, 0.29) is 5.60 Å². The van der Waals surface area contributed by atoms with Crippen LogP contribution >= 0.6 is 0 Å². The minimum Gasteiger partial charge on any atom is -0.481 e. The monoisotopic (exact) mass is 266 g/mol. The molecule has 0 aliphatic carbocycles. The maximum atomic E-state index is 5.80. The average molecular weight is 266 g/mol. The molecule has 0 spiro atoms. The average Bonchev–Trinajstić information content (AvgIpc) is 2.82. The molecular weight excluding hydrogens is 244 g/mol. The lowest BCUT2D eigenvalue weighted by molar-refractivity contribution is 0.0198. The molecule has 1 aliphatic rings. The summed E-state index contributed by atoms with van der Waals surface area (Å²) in [7, 11) is 1.60. The fourth-order valence-corrected chi connectivity index (χ4v) is 2.26. The normalized spacial score (nSPS) is 22.5. The van der Waals surface area contributed by atoms with Gasteiger partial charge in [-0.05, 0) is 26.2 Å². The van der Waals surface area contributed by atoms with Gasteiger partial charge < -0.3 is 14.2 Å². The van der Waals surface area contributed by atoms with Gasteiger partial charge in [-0.15, -0.1) is 0 Å². The predicted molar refractivity (Wildman–Crippen MR) is 71.7 cm³/mol. The SMILES string of the molecule is CCCOc1nc(CC2(C)CCCO2)cc(OC)n1. The van der Waals surface area contributed by atoms with Crippen LogP contribution in [-0.2, 0) is 11.2 Å². The summed E-state index contributed by atoms with van der Waals surface area (Å²) in [5.74, 6) is 0.540. The van der Waals surface area contributed by atoms with Crippen LogP contribution in [-0.4, -0.2) is 35.9 Å². The second-order valence-corrected chi connectivity index (χ2v) is 5.11. The van der Waals surface area contributed by atoms with Gasteiger partial charge in [-0.1, -0.05) is 6.92 Å². The number of methoxy groups -OCH3 is 1. The molecule has 2 heterocycles. The summed E-state index contributed by atoms with van der Waals surface area (Å²) in [6.07, 6.45) is 3.85. The first-order valence-corrected chi connectivity index (χ1v) is 6.84. The van der Waals surface area contributed by atoms with Gasteiger partial charge in [0, 0.05) is 19.1 Å². The van der Waals surface area contributed by atoms with Crippen molar-refractivity contribution in [2.75, 3.05) is 20.3 Å². The summed E-state index contributed by atoms with van der Waals surface area (Å²) in [6, 6.07) is 2.24. The zero-order valence-corrected chi connectivity index (χ0v) is 11.9. The molecule has 106 valence electrons. The molecule has 0 saturated carbocycles. The Balaban J connectivity index is 2.14. The summed E-state index contributed by atoms with van der Waals surface area (Å²) in [4.78, 5) is 8.62. The first-order valence-electron chi connectivity index (χ1n) is 6.84. The second kappa shape index (κ2) is 6.19. The summed E-state index contributed by atoms with van der Waals surface area (Å²) in [6.45, 7) is 5.62. The van der Waals surface area contributed by atoms with Crippen LogP contribution < -0.4 is 9.47 Å². The number of nitrogens with zero attached hydrogens (tertiary/aromatic N) is 2. The highest BCUT2D eigenvalue weighted by atomic mass is 16.5. The largest absolute Gasteiger partial charge is 0.481 e. The number of rotatable bonds is 6. The molecule has 1 unspecified atom stereocenters. The molecule has 0 aromatic carbocycles. The van der Waals surface area contributed by atoms with Crippen molar-refractivity contribution < 1.29 is 14.2 Å². The van der Waals surface area contributed by atoms with E-state index in [9.17, 15) is 0 Å². The predicted octanol–water partition coefficient (Wildman–Crippen LogP) is 2.39. The Kier molecular flexibility index (Phi) is 4.58. The van der Waals surface area contributed by atoms with Crippen LogP contribution in [0.5, 0.6) is 11.9 Å². The van der Waals surface area contributed by atoms with Crippen LogP contribution in [0.4, 0.5) is 0 Å². The van der Waals surface area contributed by atoms with Gasteiger partial charge in [0.15, 0.2) is 0 Å². The van der Waals surface area contributed by atoms with Crippen LogP contribution in [0, 0.1) is 0 Å². The van der Waals surface area contributed by atoms with Gasteiger partial charge in [0.1, 0.15) is 0 Å². The first-order chi connectivity index (χ1) is 9.15. The molecule has 1 atom stereocenters. The third kappa shape index (κ3) is 3.80. The topological polar surface area (TPSA) is 53.5 Å². The molecule has 0 bridgehead atoms.